The number of carbonyl (C=O) groups is 2. The van der Waals surface area contributed by atoms with Gasteiger partial charge in [0.05, 0.1) is 11.3 Å². The first kappa shape index (κ1) is 18.5. The second kappa shape index (κ2) is 9.42. The van der Waals surface area contributed by atoms with E-state index >= 15 is 0 Å². The SMILES string of the molecule is CC(CC(=O)Nc1ccccc1C(=O)NCCN)C1CCCCC1. The van der Waals surface area contributed by atoms with E-state index < -0.39 is 0 Å². The Morgan fingerprint density at radius 2 is 1.92 bits per heavy atom. The summed E-state index contributed by atoms with van der Waals surface area (Å²) in [5.74, 6) is 0.792. The molecule has 5 heteroatoms. The van der Waals surface area contributed by atoms with Crippen molar-refractivity contribution in [3.8, 4) is 0 Å². The Balaban J connectivity index is 1.94. The van der Waals surface area contributed by atoms with Crippen molar-refractivity contribution < 1.29 is 9.59 Å². The molecule has 1 aliphatic rings. The van der Waals surface area contributed by atoms with Gasteiger partial charge in [0.2, 0.25) is 5.91 Å². The molecule has 0 bridgehead atoms. The lowest BCUT2D eigenvalue weighted by atomic mass is 9.79. The molecule has 0 aliphatic heterocycles. The van der Waals surface area contributed by atoms with Crippen LogP contribution in [0.25, 0.3) is 0 Å². The molecule has 1 fully saturated rings. The van der Waals surface area contributed by atoms with Crippen LogP contribution < -0.4 is 16.4 Å². The summed E-state index contributed by atoms with van der Waals surface area (Å²) in [4.78, 5) is 24.5. The van der Waals surface area contributed by atoms with Crippen molar-refractivity contribution in [2.24, 2.45) is 17.6 Å². The maximum Gasteiger partial charge on any atom is 0.253 e. The maximum atomic E-state index is 12.4. The molecule has 0 saturated heterocycles. The van der Waals surface area contributed by atoms with Gasteiger partial charge in [-0.15, -0.1) is 0 Å². The standard InChI is InChI=1S/C19H29N3O2/c1-14(15-7-3-2-4-8-15)13-18(23)22-17-10-6-5-9-16(17)19(24)21-12-11-20/h5-6,9-10,14-15H,2-4,7-8,11-13,20H2,1H3,(H,21,24)(H,22,23). The second-order valence-electron chi connectivity index (χ2n) is 6.72. The molecule has 1 unspecified atom stereocenters. The zero-order valence-electron chi connectivity index (χ0n) is 14.5. The summed E-state index contributed by atoms with van der Waals surface area (Å²) in [7, 11) is 0. The summed E-state index contributed by atoms with van der Waals surface area (Å²) in [6, 6.07) is 7.09. The van der Waals surface area contributed by atoms with Crippen LogP contribution in [0, 0.1) is 11.8 Å². The molecule has 0 radical (unpaired) electrons. The van der Waals surface area contributed by atoms with Gasteiger partial charge in [-0.2, -0.15) is 0 Å². The van der Waals surface area contributed by atoms with E-state index in [0.717, 1.165) is 0 Å². The van der Waals surface area contributed by atoms with Crippen LogP contribution in [0.5, 0.6) is 0 Å². The normalized spacial score (nSPS) is 16.4. The molecule has 1 saturated carbocycles. The quantitative estimate of drug-likeness (QED) is 0.718. The topological polar surface area (TPSA) is 84.2 Å². The summed E-state index contributed by atoms with van der Waals surface area (Å²) in [6.45, 7) is 2.97. The number of carbonyl (C=O) groups excluding carboxylic acids is 2. The second-order valence-corrected chi connectivity index (χ2v) is 6.72. The van der Waals surface area contributed by atoms with Gasteiger partial charge < -0.3 is 16.4 Å². The van der Waals surface area contributed by atoms with Crippen molar-refractivity contribution in [2.75, 3.05) is 18.4 Å². The van der Waals surface area contributed by atoms with Crippen molar-refractivity contribution in [3.05, 3.63) is 29.8 Å². The van der Waals surface area contributed by atoms with Crippen LogP contribution in [0.3, 0.4) is 0 Å². The molecule has 4 N–H and O–H groups in total. The van der Waals surface area contributed by atoms with Crippen LogP contribution in [0.1, 0.15) is 55.8 Å². The highest BCUT2D eigenvalue weighted by atomic mass is 16.2. The molecule has 1 aromatic carbocycles. The van der Waals surface area contributed by atoms with Crippen molar-refractivity contribution in [2.45, 2.75) is 45.4 Å². The third-order valence-corrected chi connectivity index (χ3v) is 4.84. The minimum atomic E-state index is -0.211. The van der Waals surface area contributed by atoms with Crippen molar-refractivity contribution in [3.63, 3.8) is 0 Å². The summed E-state index contributed by atoms with van der Waals surface area (Å²) < 4.78 is 0. The molecule has 0 heterocycles. The van der Waals surface area contributed by atoms with Gasteiger partial charge in [0.15, 0.2) is 0 Å². The number of nitrogens with two attached hydrogens (primary N) is 1. The Kier molecular flexibility index (Phi) is 7.25. The first-order valence-corrected chi connectivity index (χ1v) is 8.99. The maximum absolute atomic E-state index is 12.4. The Morgan fingerprint density at radius 3 is 2.62 bits per heavy atom. The number of para-hydroxylation sites is 1. The van der Waals surface area contributed by atoms with Gasteiger partial charge in [-0.05, 0) is 24.0 Å². The van der Waals surface area contributed by atoms with E-state index in [4.69, 9.17) is 5.73 Å². The molecule has 1 aliphatic carbocycles. The first-order chi connectivity index (χ1) is 11.6. The van der Waals surface area contributed by atoms with E-state index in [1.54, 1.807) is 18.2 Å². The minimum Gasteiger partial charge on any atom is -0.351 e. The van der Waals surface area contributed by atoms with Gasteiger partial charge >= 0.3 is 0 Å². The fourth-order valence-electron chi connectivity index (χ4n) is 3.43. The predicted octanol–water partition coefficient (Wildman–Crippen LogP) is 2.92. The number of amides is 2. The van der Waals surface area contributed by atoms with E-state index in [9.17, 15) is 9.59 Å². The molecule has 2 amide bonds. The molecule has 0 spiro atoms. The summed E-state index contributed by atoms with van der Waals surface area (Å²) in [6.07, 6.45) is 6.84. The lowest BCUT2D eigenvalue weighted by Gasteiger charge is -2.27. The Hall–Kier alpha value is -1.88. The summed E-state index contributed by atoms with van der Waals surface area (Å²) in [5, 5.41) is 5.65. The van der Waals surface area contributed by atoms with Gasteiger partial charge in [0.25, 0.3) is 5.91 Å². The number of anilines is 1. The van der Waals surface area contributed by atoms with Gasteiger partial charge in [-0.25, -0.2) is 0 Å². The number of hydrogen-bond acceptors (Lipinski definition) is 3. The van der Waals surface area contributed by atoms with Crippen molar-refractivity contribution >= 4 is 17.5 Å². The van der Waals surface area contributed by atoms with Gasteiger partial charge in [-0.1, -0.05) is 51.2 Å². The fraction of sp³-hybridized carbons (Fsp3) is 0.579. The van der Waals surface area contributed by atoms with Gasteiger partial charge in [0.1, 0.15) is 0 Å². The summed E-state index contributed by atoms with van der Waals surface area (Å²) >= 11 is 0. The average Bonchev–Trinajstić information content (AvgIpc) is 2.60. The van der Waals surface area contributed by atoms with Crippen LogP contribution in [-0.4, -0.2) is 24.9 Å². The number of benzene rings is 1. The fourth-order valence-corrected chi connectivity index (χ4v) is 3.43. The molecule has 0 aromatic heterocycles. The van der Waals surface area contributed by atoms with E-state index in [-0.39, 0.29) is 11.8 Å². The van der Waals surface area contributed by atoms with Gasteiger partial charge in [0, 0.05) is 19.5 Å². The molecular weight excluding hydrogens is 302 g/mol. The Bertz CT molecular complexity index is 553. The van der Waals surface area contributed by atoms with E-state index in [2.05, 4.69) is 17.6 Å². The van der Waals surface area contributed by atoms with Crippen LogP contribution in [-0.2, 0) is 4.79 Å². The van der Waals surface area contributed by atoms with Crippen molar-refractivity contribution in [1.29, 1.82) is 0 Å². The van der Waals surface area contributed by atoms with E-state index in [0.29, 0.717) is 42.6 Å². The highest BCUT2D eigenvalue weighted by Crippen LogP contribution is 2.31. The van der Waals surface area contributed by atoms with Crippen LogP contribution in [0.2, 0.25) is 0 Å². The van der Waals surface area contributed by atoms with E-state index in [1.165, 1.54) is 32.1 Å². The van der Waals surface area contributed by atoms with Crippen LogP contribution in [0.4, 0.5) is 5.69 Å². The smallest absolute Gasteiger partial charge is 0.253 e. The molecule has 24 heavy (non-hydrogen) atoms. The molecule has 1 atom stereocenters. The molecular formula is C19H29N3O2. The van der Waals surface area contributed by atoms with Crippen LogP contribution >= 0.6 is 0 Å². The summed E-state index contributed by atoms with van der Waals surface area (Å²) in [5.41, 5.74) is 6.45. The third-order valence-electron chi connectivity index (χ3n) is 4.84. The number of rotatable bonds is 7. The zero-order chi connectivity index (χ0) is 17.4. The number of hydrogen-bond donors (Lipinski definition) is 3. The molecule has 132 valence electrons. The number of nitrogens with one attached hydrogen (secondary N) is 2. The monoisotopic (exact) mass is 331 g/mol. The average molecular weight is 331 g/mol. The Morgan fingerprint density at radius 1 is 1.21 bits per heavy atom. The minimum absolute atomic E-state index is 0.0212. The zero-order valence-corrected chi connectivity index (χ0v) is 14.5. The van der Waals surface area contributed by atoms with Crippen molar-refractivity contribution in [1.82, 2.24) is 5.32 Å². The van der Waals surface area contributed by atoms with Crippen LogP contribution in [0.15, 0.2) is 24.3 Å². The molecule has 1 aromatic rings. The molecule has 2 rings (SSSR count). The van der Waals surface area contributed by atoms with Gasteiger partial charge in [-0.3, -0.25) is 9.59 Å². The first-order valence-electron chi connectivity index (χ1n) is 8.99. The molecule has 5 nitrogen and oxygen atoms in total. The third kappa shape index (κ3) is 5.34. The van der Waals surface area contributed by atoms with E-state index in [1.807, 2.05) is 6.07 Å². The highest BCUT2D eigenvalue weighted by molar-refractivity contribution is 6.03. The lowest BCUT2D eigenvalue weighted by Crippen LogP contribution is -2.30. The lowest BCUT2D eigenvalue weighted by molar-refractivity contribution is -0.117. The largest absolute Gasteiger partial charge is 0.351 e. The highest BCUT2D eigenvalue weighted by Gasteiger charge is 2.22. The predicted molar refractivity (Wildman–Crippen MR) is 96.8 cm³/mol. The Labute approximate surface area is 144 Å².